The number of carbonyl (C=O) groups is 3. The van der Waals surface area contributed by atoms with E-state index in [9.17, 15) is 14.4 Å². The molecule has 0 aliphatic rings. The smallest absolute Gasteiger partial charge is 0.321 e. The van der Waals surface area contributed by atoms with Gasteiger partial charge in [0, 0.05) is 26.5 Å². The predicted molar refractivity (Wildman–Crippen MR) is 54.9 cm³/mol. The molecule has 0 aliphatic heterocycles. The summed E-state index contributed by atoms with van der Waals surface area (Å²) in [5, 5.41) is 12.8. The van der Waals surface area contributed by atoms with Gasteiger partial charge in [-0.3, -0.25) is 14.9 Å². The van der Waals surface area contributed by atoms with E-state index in [1.807, 2.05) is 0 Å². The molecule has 3 amide bonds. The summed E-state index contributed by atoms with van der Waals surface area (Å²) in [5.74, 6) is -1.45. The van der Waals surface area contributed by atoms with Crippen molar-refractivity contribution >= 4 is 17.9 Å². The van der Waals surface area contributed by atoms with E-state index in [0.29, 0.717) is 13.2 Å². The van der Waals surface area contributed by atoms with Crippen molar-refractivity contribution in [1.29, 1.82) is 0 Å². The van der Waals surface area contributed by atoms with E-state index in [1.165, 1.54) is 7.11 Å². The van der Waals surface area contributed by atoms with Gasteiger partial charge in [-0.15, -0.1) is 0 Å². The van der Waals surface area contributed by atoms with Crippen LogP contribution in [-0.2, 0) is 14.3 Å². The maximum absolute atomic E-state index is 11.1. The van der Waals surface area contributed by atoms with Crippen LogP contribution in [-0.4, -0.2) is 43.3 Å². The number of carbonyl (C=O) groups excluding carboxylic acids is 2. The van der Waals surface area contributed by atoms with Crippen molar-refractivity contribution in [3.8, 4) is 0 Å². The Morgan fingerprint density at radius 3 is 2.50 bits per heavy atom. The number of carboxylic acid groups (broad SMARTS) is 1. The topological polar surface area (TPSA) is 105 Å². The molecule has 0 aromatic heterocycles. The molecule has 0 saturated carbocycles. The normalized spacial score (nSPS) is 9.56. The van der Waals surface area contributed by atoms with Crippen molar-refractivity contribution < 1.29 is 24.2 Å². The monoisotopic (exact) mass is 232 g/mol. The predicted octanol–water partition coefficient (Wildman–Crippen LogP) is -0.287. The molecule has 7 heteroatoms. The summed E-state index contributed by atoms with van der Waals surface area (Å²) in [7, 11) is 1.50. The largest absolute Gasteiger partial charge is 0.481 e. The maximum Gasteiger partial charge on any atom is 0.321 e. The van der Waals surface area contributed by atoms with Crippen LogP contribution < -0.4 is 10.6 Å². The van der Waals surface area contributed by atoms with Gasteiger partial charge in [0.1, 0.15) is 0 Å². The second-order valence-electron chi connectivity index (χ2n) is 3.04. The molecule has 0 aromatic carbocycles. The Hall–Kier alpha value is -1.63. The number of ether oxygens (including phenoxy) is 1. The van der Waals surface area contributed by atoms with Crippen LogP contribution in [0.5, 0.6) is 0 Å². The Morgan fingerprint density at radius 2 is 1.94 bits per heavy atom. The van der Waals surface area contributed by atoms with Crippen LogP contribution in [0.2, 0.25) is 0 Å². The highest BCUT2D eigenvalue weighted by atomic mass is 16.5. The summed E-state index contributed by atoms with van der Waals surface area (Å²) in [6, 6.07) is -0.600. The third-order valence-electron chi connectivity index (χ3n) is 1.64. The van der Waals surface area contributed by atoms with Gasteiger partial charge in [0.05, 0.1) is 6.61 Å². The molecule has 0 bridgehead atoms. The van der Waals surface area contributed by atoms with Crippen molar-refractivity contribution in [1.82, 2.24) is 10.6 Å². The second kappa shape index (κ2) is 8.66. The molecule has 0 rings (SSSR count). The van der Waals surface area contributed by atoms with E-state index < -0.39 is 17.9 Å². The van der Waals surface area contributed by atoms with Gasteiger partial charge in [-0.05, 0) is 6.42 Å². The fourth-order valence-corrected chi connectivity index (χ4v) is 0.900. The first kappa shape index (κ1) is 14.4. The first-order valence-corrected chi connectivity index (χ1v) is 4.84. The molecular formula is C9H16N2O5. The number of hydrogen-bond acceptors (Lipinski definition) is 4. The van der Waals surface area contributed by atoms with Crippen molar-refractivity contribution in [3.05, 3.63) is 0 Å². The molecule has 0 atom stereocenters. The van der Waals surface area contributed by atoms with Gasteiger partial charge in [0.15, 0.2) is 0 Å². The molecule has 0 fully saturated rings. The van der Waals surface area contributed by atoms with Crippen LogP contribution in [0.1, 0.15) is 19.3 Å². The van der Waals surface area contributed by atoms with Gasteiger partial charge >= 0.3 is 12.0 Å². The number of carboxylic acids is 1. The number of hydrogen-bond donors (Lipinski definition) is 3. The van der Waals surface area contributed by atoms with Crippen LogP contribution in [0.3, 0.4) is 0 Å². The van der Waals surface area contributed by atoms with Crippen molar-refractivity contribution in [2.45, 2.75) is 19.3 Å². The molecule has 0 heterocycles. The Kier molecular flexibility index (Phi) is 7.78. The molecule has 0 spiro atoms. The van der Waals surface area contributed by atoms with Gasteiger partial charge in [0.2, 0.25) is 5.91 Å². The minimum Gasteiger partial charge on any atom is -0.481 e. The van der Waals surface area contributed by atoms with Crippen LogP contribution in [0, 0.1) is 0 Å². The van der Waals surface area contributed by atoms with Crippen molar-refractivity contribution in [2.24, 2.45) is 0 Å². The molecule has 0 unspecified atom stereocenters. The molecule has 16 heavy (non-hydrogen) atoms. The number of urea groups is 1. The van der Waals surface area contributed by atoms with E-state index >= 15 is 0 Å². The fourth-order valence-electron chi connectivity index (χ4n) is 0.900. The summed E-state index contributed by atoms with van der Waals surface area (Å²) in [6.07, 6.45) is 0.148. The zero-order chi connectivity index (χ0) is 12.4. The molecular weight excluding hydrogens is 216 g/mol. The van der Waals surface area contributed by atoms with Gasteiger partial charge in [0.25, 0.3) is 0 Å². The Bertz CT molecular complexity index is 254. The lowest BCUT2D eigenvalue weighted by molar-refractivity contribution is -0.137. The molecule has 0 radical (unpaired) electrons. The molecule has 0 aromatic rings. The molecule has 3 N–H and O–H groups in total. The summed E-state index contributed by atoms with van der Waals surface area (Å²) in [5.41, 5.74) is 0. The number of rotatable bonds is 7. The first-order valence-electron chi connectivity index (χ1n) is 4.84. The molecule has 92 valence electrons. The average molecular weight is 232 g/mol. The minimum atomic E-state index is -0.961. The number of nitrogens with one attached hydrogen (secondary N) is 2. The lowest BCUT2D eigenvalue weighted by atomic mass is 10.2. The van der Waals surface area contributed by atoms with E-state index in [4.69, 9.17) is 9.84 Å². The third kappa shape index (κ3) is 8.95. The Labute approximate surface area is 93.2 Å². The van der Waals surface area contributed by atoms with E-state index in [0.717, 1.165) is 0 Å². The zero-order valence-corrected chi connectivity index (χ0v) is 9.12. The van der Waals surface area contributed by atoms with Crippen LogP contribution in [0.25, 0.3) is 0 Å². The van der Waals surface area contributed by atoms with Gasteiger partial charge in [-0.2, -0.15) is 0 Å². The number of imide groups is 1. The summed E-state index contributed by atoms with van der Waals surface area (Å²) in [4.78, 5) is 32.2. The third-order valence-corrected chi connectivity index (χ3v) is 1.64. The number of amides is 3. The molecule has 7 nitrogen and oxygen atoms in total. The first-order chi connectivity index (χ1) is 7.56. The number of aliphatic carboxylic acids is 1. The standard InChI is InChI=1S/C9H16N2O5/c1-16-6-5-10-9(15)11-7(12)3-2-4-8(13)14/h2-6H2,1H3,(H,13,14)(H2,10,11,12,15). The Morgan fingerprint density at radius 1 is 1.25 bits per heavy atom. The lowest BCUT2D eigenvalue weighted by Crippen LogP contribution is -2.40. The van der Waals surface area contributed by atoms with Crippen molar-refractivity contribution in [2.75, 3.05) is 20.3 Å². The lowest BCUT2D eigenvalue weighted by Gasteiger charge is -2.05. The van der Waals surface area contributed by atoms with Crippen LogP contribution >= 0.6 is 0 Å². The zero-order valence-electron chi connectivity index (χ0n) is 9.12. The molecule has 0 aliphatic carbocycles. The van der Waals surface area contributed by atoms with Gasteiger partial charge in [-0.1, -0.05) is 0 Å². The fraction of sp³-hybridized carbons (Fsp3) is 0.667. The van der Waals surface area contributed by atoms with E-state index in [2.05, 4.69) is 10.6 Å². The SMILES string of the molecule is COCCNC(=O)NC(=O)CCCC(=O)O. The van der Waals surface area contributed by atoms with Crippen LogP contribution in [0.4, 0.5) is 4.79 Å². The highest BCUT2D eigenvalue weighted by molar-refractivity contribution is 5.94. The highest BCUT2D eigenvalue weighted by Crippen LogP contribution is 1.94. The summed E-state index contributed by atoms with van der Waals surface area (Å²) >= 11 is 0. The van der Waals surface area contributed by atoms with Gasteiger partial charge in [-0.25, -0.2) is 4.79 Å². The minimum absolute atomic E-state index is 0.0179. The second-order valence-corrected chi connectivity index (χ2v) is 3.04. The maximum atomic E-state index is 11.1. The number of methoxy groups -OCH3 is 1. The highest BCUT2D eigenvalue weighted by Gasteiger charge is 2.07. The Balaban J connectivity index is 3.54. The van der Waals surface area contributed by atoms with Crippen LogP contribution in [0.15, 0.2) is 0 Å². The average Bonchev–Trinajstić information content (AvgIpc) is 2.17. The van der Waals surface area contributed by atoms with E-state index in [1.54, 1.807) is 0 Å². The molecule has 0 saturated heterocycles. The quantitative estimate of drug-likeness (QED) is 0.523. The summed E-state index contributed by atoms with van der Waals surface area (Å²) in [6.45, 7) is 0.672. The van der Waals surface area contributed by atoms with Crippen molar-refractivity contribution in [3.63, 3.8) is 0 Å². The van der Waals surface area contributed by atoms with Gasteiger partial charge < -0.3 is 15.2 Å². The van der Waals surface area contributed by atoms with E-state index in [-0.39, 0.29) is 19.3 Å². The summed E-state index contributed by atoms with van der Waals surface area (Å²) < 4.78 is 4.70.